The van der Waals surface area contributed by atoms with Crippen molar-refractivity contribution >= 4 is 17.3 Å². The highest BCUT2D eigenvalue weighted by molar-refractivity contribution is 7.11. The minimum atomic E-state index is -0.965. The average Bonchev–Trinajstić information content (AvgIpc) is 2.87. The summed E-state index contributed by atoms with van der Waals surface area (Å²) in [6.45, 7) is 5.65. The monoisotopic (exact) mass is 266 g/mol. The van der Waals surface area contributed by atoms with Gasteiger partial charge in [-0.05, 0) is 20.3 Å². The molecule has 2 heterocycles. The van der Waals surface area contributed by atoms with Gasteiger partial charge >= 0.3 is 5.97 Å². The normalized spacial score (nSPS) is 10.8. The van der Waals surface area contributed by atoms with Gasteiger partial charge in [-0.2, -0.15) is 0 Å². The van der Waals surface area contributed by atoms with Crippen molar-refractivity contribution in [1.29, 1.82) is 0 Å². The molecule has 0 aliphatic rings. The Kier molecular flexibility index (Phi) is 3.47. The number of thiazole rings is 1. The predicted molar refractivity (Wildman–Crippen MR) is 67.2 cm³/mol. The zero-order chi connectivity index (χ0) is 13.3. The fourth-order valence-corrected chi connectivity index (χ4v) is 2.80. The van der Waals surface area contributed by atoms with Gasteiger partial charge in [-0.1, -0.05) is 12.1 Å². The molecule has 6 heteroatoms. The molecule has 0 unspecified atom stereocenters. The molecule has 0 atom stereocenters. The number of aromatic carboxylic acids is 1. The highest BCUT2D eigenvalue weighted by Gasteiger charge is 2.18. The van der Waals surface area contributed by atoms with E-state index in [2.05, 4.69) is 10.1 Å². The van der Waals surface area contributed by atoms with Crippen LogP contribution < -0.4 is 0 Å². The first kappa shape index (κ1) is 12.8. The first-order valence-corrected chi connectivity index (χ1v) is 6.48. The van der Waals surface area contributed by atoms with Gasteiger partial charge in [0.05, 0.1) is 10.7 Å². The molecule has 0 aliphatic heterocycles. The van der Waals surface area contributed by atoms with E-state index < -0.39 is 5.97 Å². The SMILES string of the molecule is CCc1sc(Cc2c(C)noc2C)nc1C(=O)O. The summed E-state index contributed by atoms with van der Waals surface area (Å²) < 4.78 is 5.09. The first-order valence-electron chi connectivity index (χ1n) is 5.66. The van der Waals surface area contributed by atoms with Gasteiger partial charge in [0.25, 0.3) is 0 Å². The van der Waals surface area contributed by atoms with E-state index in [1.807, 2.05) is 20.8 Å². The minimum absolute atomic E-state index is 0.171. The smallest absolute Gasteiger partial charge is 0.355 e. The second kappa shape index (κ2) is 4.89. The molecule has 18 heavy (non-hydrogen) atoms. The molecule has 0 aliphatic carbocycles. The molecule has 2 aromatic rings. The minimum Gasteiger partial charge on any atom is -0.476 e. The van der Waals surface area contributed by atoms with E-state index in [0.29, 0.717) is 12.8 Å². The fourth-order valence-electron chi connectivity index (χ4n) is 1.79. The van der Waals surface area contributed by atoms with Crippen LogP contribution in [0.5, 0.6) is 0 Å². The number of carboxylic acids is 1. The highest BCUT2D eigenvalue weighted by atomic mass is 32.1. The molecule has 96 valence electrons. The molecular formula is C12H14N2O3S. The molecule has 0 bridgehead atoms. The second-order valence-corrected chi connectivity index (χ2v) is 5.19. The molecule has 0 fully saturated rings. The molecule has 0 amide bonds. The second-order valence-electron chi connectivity index (χ2n) is 4.02. The van der Waals surface area contributed by atoms with Gasteiger partial charge in [-0.15, -0.1) is 11.3 Å². The van der Waals surface area contributed by atoms with Crippen LogP contribution in [0, 0.1) is 13.8 Å². The largest absolute Gasteiger partial charge is 0.476 e. The van der Waals surface area contributed by atoms with Gasteiger partial charge in [-0.25, -0.2) is 9.78 Å². The summed E-state index contributed by atoms with van der Waals surface area (Å²) in [6.07, 6.45) is 1.26. The molecule has 0 radical (unpaired) electrons. The molecule has 1 N–H and O–H groups in total. The van der Waals surface area contributed by atoms with E-state index in [1.165, 1.54) is 11.3 Å². The zero-order valence-electron chi connectivity index (χ0n) is 10.5. The fraction of sp³-hybridized carbons (Fsp3) is 0.417. The number of hydrogen-bond acceptors (Lipinski definition) is 5. The molecule has 0 saturated heterocycles. The Bertz CT molecular complexity index is 567. The molecule has 0 spiro atoms. The third-order valence-electron chi connectivity index (χ3n) is 2.77. The topological polar surface area (TPSA) is 76.2 Å². The van der Waals surface area contributed by atoms with Crippen LogP contribution in [0.3, 0.4) is 0 Å². The highest BCUT2D eigenvalue weighted by Crippen LogP contribution is 2.24. The number of carboxylic acid groups (broad SMARTS) is 1. The maximum absolute atomic E-state index is 11.0. The lowest BCUT2D eigenvalue weighted by atomic mass is 10.1. The van der Waals surface area contributed by atoms with Crippen molar-refractivity contribution in [2.75, 3.05) is 0 Å². The quantitative estimate of drug-likeness (QED) is 0.920. The Balaban J connectivity index is 2.33. The third kappa shape index (κ3) is 2.28. The van der Waals surface area contributed by atoms with E-state index in [4.69, 9.17) is 9.63 Å². The van der Waals surface area contributed by atoms with Crippen molar-refractivity contribution in [1.82, 2.24) is 10.1 Å². The van der Waals surface area contributed by atoms with Crippen LogP contribution in [0.4, 0.5) is 0 Å². The lowest BCUT2D eigenvalue weighted by molar-refractivity contribution is 0.0690. The van der Waals surface area contributed by atoms with E-state index in [-0.39, 0.29) is 5.69 Å². The van der Waals surface area contributed by atoms with Crippen LogP contribution in [-0.4, -0.2) is 21.2 Å². The van der Waals surface area contributed by atoms with Gasteiger partial charge in [-0.3, -0.25) is 0 Å². The summed E-state index contributed by atoms with van der Waals surface area (Å²) in [4.78, 5) is 16.0. The van der Waals surface area contributed by atoms with Crippen LogP contribution in [0.15, 0.2) is 4.52 Å². The lowest BCUT2D eigenvalue weighted by Gasteiger charge is -1.94. The maximum atomic E-state index is 11.0. The van der Waals surface area contributed by atoms with Gasteiger partial charge in [0.2, 0.25) is 0 Å². The number of rotatable bonds is 4. The Morgan fingerprint density at radius 1 is 1.44 bits per heavy atom. The summed E-state index contributed by atoms with van der Waals surface area (Å²) in [6, 6.07) is 0. The van der Waals surface area contributed by atoms with Crippen molar-refractivity contribution in [2.45, 2.75) is 33.6 Å². The van der Waals surface area contributed by atoms with Gasteiger partial charge < -0.3 is 9.63 Å². The zero-order valence-corrected chi connectivity index (χ0v) is 11.3. The summed E-state index contributed by atoms with van der Waals surface area (Å²) in [5.41, 5.74) is 1.99. The Hall–Kier alpha value is -1.69. The first-order chi connectivity index (χ1) is 8.52. The number of carbonyl (C=O) groups is 1. The number of nitrogens with zero attached hydrogens (tertiary/aromatic N) is 2. The summed E-state index contributed by atoms with van der Waals surface area (Å²) in [5.74, 6) is -0.203. The van der Waals surface area contributed by atoms with Gasteiger partial charge in [0.15, 0.2) is 5.69 Å². The van der Waals surface area contributed by atoms with Crippen LogP contribution >= 0.6 is 11.3 Å². The summed E-state index contributed by atoms with van der Waals surface area (Å²) >= 11 is 1.44. The predicted octanol–water partition coefficient (Wildman–Crippen LogP) is 2.60. The van der Waals surface area contributed by atoms with Crippen molar-refractivity contribution in [3.05, 3.63) is 32.6 Å². The van der Waals surface area contributed by atoms with Gasteiger partial charge in [0.1, 0.15) is 5.76 Å². The molecule has 2 rings (SSSR count). The van der Waals surface area contributed by atoms with Crippen LogP contribution in [0.2, 0.25) is 0 Å². The van der Waals surface area contributed by atoms with Crippen molar-refractivity contribution in [3.63, 3.8) is 0 Å². The Morgan fingerprint density at radius 3 is 2.61 bits per heavy atom. The Labute approximate surface area is 108 Å². The number of hydrogen-bond donors (Lipinski definition) is 1. The Morgan fingerprint density at radius 2 is 2.17 bits per heavy atom. The molecule has 0 saturated carbocycles. The van der Waals surface area contributed by atoms with Crippen molar-refractivity contribution in [2.24, 2.45) is 0 Å². The third-order valence-corrected chi connectivity index (χ3v) is 3.97. The number of aryl methyl sites for hydroxylation is 3. The van der Waals surface area contributed by atoms with E-state index in [0.717, 1.165) is 26.9 Å². The molecular weight excluding hydrogens is 252 g/mol. The summed E-state index contributed by atoms with van der Waals surface area (Å²) in [7, 11) is 0. The van der Waals surface area contributed by atoms with E-state index >= 15 is 0 Å². The summed E-state index contributed by atoms with van der Waals surface area (Å²) in [5, 5.41) is 13.7. The average molecular weight is 266 g/mol. The molecule has 2 aromatic heterocycles. The number of aromatic nitrogens is 2. The van der Waals surface area contributed by atoms with E-state index in [1.54, 1.807) is 0 Å². The van der Waals surface area contributed by atoms with Crippen LogP contribution in [0.1, 0.15) is 44.3 Å². The van der Waals surface area contributed by atoms with Crippen LogP contribution in [-0.2, 0) is 12.8 Å². The maximum Gasteiger partial charge on any atom is 0.355 e. The standard InChI is InChI=1S/C12H14N2O3S/c1-4-9-11(12(15)16)13-10(18-9)5-8-6(2)14-17-7(8)3/h4-5H2,1-3H3,(H,15,16). The van der Waals surface area contributed by atoms with E-state index in [9.17, 15) is 4.79 Å². The lowest BCUT2D eigenvalue weighted by Crippen LogP contribution is -2.00. The molecule has 0 aromatic carbocycles. The molecule has 5 nitrogen and oxygen atoms in total. The van der Waals surface area contributed by atoms with Crippen molar-refractivity contribution < 1.29 is 14.4 Å². The van der Waals surface area contributed by atoms with Crippen LogP contribution in [0.25, 0.3) is 0 Å². The van der Waals surface area contributed by atoms with Gasteiger partial charge in [0, 0.05) is 16.9 Å². The van der Waals surface area contributed by atoms with Crippen molar-refractivity contribution in [3.8, 4) is 0 Å².